The van der Waals surface area contributed by atoms with Crippen LogP contribution in [0, 0.1) is 13.8 Å². The van der Waals surface area contributed by atoms with Gasteiger partial charge >= 0.3 is 0 Å². The van der Waals surface area contributed by atoms with E-state index in [1.165, 1.54) is 0 Å². The second-order valence-electron chi connectivity index (χ2n) is 4.51. The van der Waals surface area contributed by atoms with Crippen LogP contribution in [-0.2, 0) is 11.3 Å². The fourth-order valence-electron chi connectivity index (χ4n) is 2.26. The number of anilines is 1. The highest BCUT2D eigenvalue weighted by Gasteiger charge is 2.25. The average molecular weight is 236 g/mol. The van der Waals surface area contributed by atoms with Crippen LogP contribution in [0.3, 0.4) is 0 Å². The fraction of sp³-hybridized carbons (Fsp3) is 0.667. The van der Waals surface area contributed by atoms with Crippen molar-refractivity contribution < 1.29 is 4.74 Å². The lowest BCUT2D eigenvalue weighted by Crippen LogP contribution is -2.26. The van der Waals surface area contributed by atoms with E-state index in [1.807, 2.05) is 6.92 Å². The van der Waals surface area contributed by atoms with Crippen LogP contribution in [0.2, 0.25) is 0 Å². The average Bonchev–Trinajstić information content (AvgIpc) is 2.81. The molecule has 1 saturated heterocycles. The molecule has 1 aromatic heterocycles. The predicted octanol–water partition coefficient (Wildman–Crippen LogP) is 0.777. The number of hydrogen-bond acceptors (Lipinski definition) is 5. The van der Waals surface area contributed by atoms with Gasteiger partial charge in [-0.1, -0.05) is 0 Å². The maximum Gasteiger partial charge on any atom is 0.156 e. The van der Waals surface area contributed by atoms with E-state index in [9.17, 15) is 0 Å². The van der Waals surface area contributed by atoms with Crippen molar-refractivity contribution in [2.75, 3.05) is 25.1 Å². The summed E-state index contributed by atoms with van der Waals surface area (Å²) in [7, 11) is 1.75. The summed E-state index contributed by atoms with van der Waals surface area (Å²) < 4.78 is 5.37. The van der Waals surface area contributed by atoms with Crippen LogP contribution in [0.25, 0.3) is 0 Å². The van der Waals surface area contributed by atoms with Gasteiger partial charge in [-0.3, -0.25) is 0 Å². The minimum atomic E-state index is 0.295. The lowest BCUT2D eigenvalue weighted by atomic mass is 10.1. The van der Waals surface area contributed by atoms with E-state index in [1.54, 1.807) is 7.11 Å². The van der Waals surface area contributed by atoms with Gasteiger partial charge in [0.05, 0.1) is 11.8 Å². The lowest BCUT2D eigenvalue weighted by molar-refractivity contribution is 0.121. The van der Waals surface area contributed by atoms with Gasteiger partial charge in [0.15, 0.2) is 5.82 Å². The first kappa shape index (κ1) is 12.3. The number of nitrogens with two attached hydrogens (primary N) is 1. The van der Waals surface area contributed by atoms with Crippen molar-refractivity contribution in [1.29, 1.82) is 0 Å². The summed E-state index contributed by atoms with van der Waals surface area (Å²) in [6, 6.07) is 0. The van der Waals surface area contributed by atoms with Crippen molar-refractivity contribution in [3.63, 3.8) is 0 Å². The molecule has 2 heterocycles. The van der Waals surface area contributed by atoms with Gasteiger partial charge in [0.2, 0.25) is 0 Å². The van der Waals surface area contributed by atoms with Crippen LogP contribution in [-0.4, -0.2) is 36.5 Å². The molecule has 17 heavy (non-hydrogen) atoms. The van der Waals surface area contributed by atoms with E-state index < -0.39 is 0 Å². The highest BCUT2D eigenvalue weighted by atomic mass is 16.5. The molecule has 1 aliphatic heterocycles. The Balaban J connectivity index is 2.30. The Morgan fingerprint density at radius 1 is 1.41 bits per heavy atom. The topological polar surface area (TPSA) is 64.3 Å². The van der Waals surface area contributed by atoms with Gasteiger partial charge in [-0.15, -0.1) is 5.10 Å². The Hall–Kier alpha value is -1.20. The molecule has 0 saturated carbocycles. The summed E-state index contributed by atoms with van der Waals surface area (Å²) in [6.07, 6.45) is 1.33. The minimum absolute atomic E-state index is 0.295. The first-order valence-corrected chi connectivity index (χ1v) is 5.98. The summed E-state index contributed by atoms with van der Waals surface area (Å²) in [5, 5.41) is 8.50. The molecule has 0 radical (unpaired) electrons. The normalized spacial score (nSPS) is 20.0. The largest absolute Gasteiger partial charge is 0.380 e. The summed E-state index contributed by atoms with van der Waals surface area (Å²) in [5.74, 6) is 0.926. The van der Waals surface area contributed by atoms with Crippen LogP contribution >= 0.6 is 0 Å². The Bertz CT molecular complexity index is 408. The van der Waals surface area contributed by atoms with Crippen molar-refractivity contribution >= 4 is 5.82 Å². The molecule has 0 aliphatic carbocycles. The number of aryl methyl sites for hydroxylation is 1. The first-order valence-electron chi connectivity index (χ1n) is 5.98. The second-order valence-corrected chi connectivity index (χ2v) is 4.51. The molecule has 0 aromatic carbocycles. The van der Waals surface area contributed by atoms with Crippen LogP contribution in [0.1, 0.15) is 23.2 Å². The van der Waals surface area contributed by atoms with Gasteiger partial charge in [-0.2, -0.15) is 5.10 Å². The van der Waals surface area contributed by atoms with Crippen LogP contribution in [0.4, 0.5) is 5.82 Å². The fourth-order valence-corrected chi connectivity index (χ4v) is 2.26. The standard InChI is InChI=1S/C12H20N4O/c1-8-9(2)14-15-12(11(8)6-13)16-5-4-10(7-16)17-3/h10H,4-7,13H2,1-3H3. The van der Waals surface area contributed by atoms with E-state index in [0.717, 1.165) is 42.1 Å². The second kappa shape index (κ2) is 4.98. The maximum absolute atomic E-state index is 5.83. The maximum atomic E-state index is 5.83. The molecule has 0 spiro atoms. The molecular weight excluding hydrogens is 216 g/mol. The third kappa shape index (κ3) is 2.25. The molecule has 1 fully saturated rings. The number of nitrogens with zero attached hydrogens (tertiary/aromatic N) is 3. The number of methoxy groups -OCH3 is 1. The van der Waals surface area contributed by atoms with E-state index in [4.69, 9.17) is 10.5 Å². The third-order valence-corrected chi connectivity index (χ3v) is 3.54. The smallest absolute Gasteiger partial charge is 0.156 e. The summed E-state index contributed by atoms with van der Waals surface area (Å²) in [6.45, 7) is 6.36. The molecule has 5 nitrogen and oxygen atoms in total. The molecule has 2 rings (SSSR count). The summed E-state index contributed by atoms with van der Waals surface area (Å²) >= 11 is 0. The van der Waals surface area contributed by atoms with Gasteiger partial charge in [0, 0.05) is 32.3 Å². The zero-order valence-corrected chi connectivity index (χ0v) is 10.7. The molecule has 2 N–H and O–H groups in total. The lowest BCUT2D eigenvalue weighted by Gasteiger charge is -2.21. The van der Waals surface area contributed by atoms with Crippen molar-refractivity contribution in [3.05, 3.63) is 16.8 Å². The molecule has 1 aliphatic rings. The zero-order chi connectivity index (χ0) is 12.4. The Morgan fingerprint density at radius 3 is 2.76 bits per heavy atom. The van der Waals surface area contributed by atoms with Crippen molar-refractivity contribution in [2.24, 2.45) is 5.73 Å². The molecule has 1 unspecified atom stereocenters. The highest BCUT2D eigenvalue weighted by Crippen LogP contribution is 2.25. The molecule has 1 atom stereocenters. The quantitative estimate of drug-likeness (QED) is 0.840. The monoisotopic (exact) mass is 236 g/mol. The SMILES string of the molecule is COC1CCN(c2nnc(C)c(C)c2CN)C1. The summed E-state index contributed by atoms with van der Waals surface area (Å²) in [5.41, 5.74) is 9.04. The number of hydrogen-bond donors (Lipinski definition) is 1. The molecule has 0 bridgehead atoms. The minimum Gasteiger partial charge on any atom is -0.380 e. The molecule has 94 valence electrons. The number of rotatable bonds is 3. The highest BCUT2D eigenvalue weighted by molar-refractivity contribution is 5.51. The van der Waals surface area contributed by atoms with Gasteiger partial charge in [0.25, 0.3) is 0 Å². The summed E-state index contributed by atoms with van der Waals surface area (Å²) in [4.78, 5) is 2.22. The molecule has 5 heteroatoms. The third-order valence-electron chi connectivity index (χ3n) is 3.54. The molecule has 1 aromatic rings. The van der Waals surface area contributed by atoms with E-state index >= 15 is 0 Å². The van der Waals surface area contributed by atoms with Crippen LogP contribution < -0.4 is 10.6 Å². The predicted molar refractivity (Wildman–Crippen MR) is 67.0 cm³/mol. The van der Waals surface area contributed by atoms with Crippen molar-refractivity contribution in [2.45, 2.75) is 32.9 Å². The van der Waals surface area contributed by atoms with E-state index in [2.05, 4.69) is 22.0 Å². The first-order chi connectivity index (χ1) is 8.17. The Labute approximate surface area is 102 Å². The van der Waals surface area contributed by atoms with E-state index in [0.29, 0.717) is 12.6 Å². The van der Waals surface area contributed by atoms with Crippen molar-refractivity contribution in [3.8, 4) is 0 Å². The van der Waals surface area contributed by atoms with Crippen molar-refractivity contribution in [1.82, 2.24) is 10.2 Å². The molecule has 0 amide bonds. The van der Waals surface area contributed by atoms with Gasteiger partial charge in [0.1, 0.15) is 0 Å². The van der Waals surface area contributed by atoms with Crippen LogP contribution in [0.5, 0.6) is 0 Å². The number of ether oxygens (including phenoxy) is 1. The van der Waals surface area contributed by atoms with Gasteiger partial charge in [-0.05, 0) is 25.8 Å². The number of aromatic nitrogens is 2. The van der Waals surface area contributed by atoms with Gasteiger partial charge in [-0.25, -0.2) is 0 Å². The van der Waals surface area contributed by atoms with E-state index in [-0.39, 0.29) is 0 Å². The molecular formula is C12H20N4O. The Kier molecular flexibility index (Phi) is 3.59. The van der Waals surface area contributed by atoms with Crippen LogP contribution in [0.15, 0.2) is 0 Å². The van der Waals surface area contributed by atoms with Gasteiger partial charge < -0.3 is 15.4 Å². The zero-order valence-electron chi connectivity index (χ0n) is 10.7. The Morgan fingerprint density at radius 2 is 2.18 bits per heavy atom.